The van der Waals surface area contributed by atoms with Crippen LogP contribution in [0.15, 0.2) is 12.1 Å². The smallest absolute Gasteiger partial charge is 0.220 e. The van der Waals surface area contributed by atoms with Crippen molar-refractivity contribution in [2.45, 2.75) is 40.5 Å². The highest BCUT2D eigenvalue weighted by Crippen LogP contribution is 2.15. The molecule has 0 aliphatic heterocycles. The summed E-state index contributed by atoms with van der Waals surface area (Å²) < 4.78 is 1.80. The number of nitrogens with one attached hydrogen (secondary N) is 2. The van der Waals surface area contributed by atoms with E-state index in [1.54, 1.807) is 4.68 Å². The van der Waals surface area contributed by atoms with Crippen LogP contribution < -0.4 is 10.6 Å². The maximum absolute atomic E-state index is 11.3. The molecule has 2 N–H and O–H groups in total. The molecule has 0 bridgehead atoms. The van der Waals surface area contributed by atoms with Crippen LogP contribution in [0.3, 0.4) is 0 Å². The molecular weight excluding hydrogens is 292 g/mol. The van der Waals surface area contributed by atoms with Crippen molar-refractivity contribution < 1.29 is 4.79 Å². The summed E-state index contributed by atoms with van der Waals surface area (Å²) in [6.45, 7) is 9.21. The number of carbonyl (C=O) groups is 1. The Labute approximate surface area is 136 Å². The van der Waals surface area contributed by atoms with Gasteiger partial charge in [-0.05, 0) is 44.9 Å². The molecule has 2 heterocycles. The maximum atomic E-state index is 11.3. The molecule has 7 nitrogen and oxygen atoms in total. The third-order valence-electron chi connectivity index (χ3n) is 3.75. The van der Waals surface area contributed by atoms with Crippen LogP contribution >= 0.6 is 0 Å². The molecule has 0 fully saturated rings. The summed E-state index contributed by atoms with van der Waals surface area (Å²) in [5.74, 6) is 1.45. The molecule has 7 heteroatoms. The number of aromatic nitrogens is 4. The van der Waals surface area contributed by atoms with Crippen molar-refractivity contribution >= 4 is 11.7 Å². The van der Waals surface area contributed by atoms with Crippen LogP contribution in [-0.4, -0.2) is 39.0 Å². The van der Waals surface area contributed by atoms with E-state index in [9.17, 15) is 4.79 Å². The summed E-state index contributed by atoms with van der Waals surface area (Å²) in [5.41, 5.74) is 3.22. The number of hydrogen-bond donors (Lipinski definition) is 2. The summed E-state index contributed by atoms with van der Waals surface area (Å²) in [6, 6.07) is 3.74. The lowest BCUT2D eigenvalue weighted by atomic mass is 10.2. The summed E-state index contributed by atoms with van der Waals surface area (Å²) in [5, 5.41) is 18.8. The zero-order chi connectivity index (χ0) is 16.8. The Hall–Kier alpha value is -2.44. The monoisotopic (exact) mass is 316 g/mol. The molecule has 0 radical (unpaired) electrons. The Balaban J connectivity index is 1.90. The van der Waals surface area contributed by atoms with Gasteiger partial charge in [0.1, 0.15) is 5.82 Å². The lowest BCUT2D eigenvalue weighted by Crippen LogP contribution is -2.28. The van der Waals surface area contributed by atoms with Crippen LogP contribution in [0.25, 0.3) is 5.82 Å². The van der Waals surface area contributed by atoms with Crippen molar-refractivity contribution in [1.82, 2.24) is 25.3 Å². The zero-order valence-electron chi connectivity index (χ0n) is 14.2. The van der Waals surface area contributed by atoms with Gasteiger partial charge in [-0.1, -0.05) is 6.92 Å². The van der Waals surface area contributed by atoms with Crippen LogP contribution in [0.2, 0.25) is 0 Å². The molecule has 23 heavy (non-hydrogen) atoms. The van der Waals surface area contributed by atoms with Crippen molar-refractivity contribution in [3.63, 3.8) is 0 Å². The molecule has 124 valence electrons. The first-order valence-corrected chi connectivity index (χ1v) is 7.90. The third kappa shape index (κ3) is 4.28. The van der Waals surface area contributed by atoms with E-state index in [1.165, 1.54) is 0 Å². The Morgan fingerprint density at radius 1 is 1.17 bits per heavy atom. The number of anilines is 1. The summed E-state index contributed by atoms with van der Waals surface area (Å²) in [6.07, 6.45) is 1.43. The molecule has 0 saturated carbocycles. The standard InChI is InChI=1S/C16H24N6O/c1-5-6-16(23)18-10-9-17-14-7-8-15(20-19-14)22-13(4)11(2)12(3)21-22/h7-8H,5-6,9-10H2,1-4H3,(H,17,19)(H,18,23). The predicted octanol–water partition coefficient (Wildman–Crippen LogP) is 1.92. The van der Waals surface area contributed by atoms with E-state index in [0.29, 0.717) is 31.1 Å². The number of aryl methyl sites for hydroxylation is 1. The first kappa shape index (κ1) is 16.9. The Morgan fingerprint density at radius 2 is 1.96 bits per heavy atom. The number of hydrogen-bond acceptors (Lipinski definition) is 5. The minimum Gasteiger partial charge on any atom is -0.367 e. The van der Waals surface area contributed by atoms with E-state index in [2.05, 4.69) is 25.9 Å². The fourth-order valence-corrected chi connectivity index (χ4v) is 2.18. The second-order valence-electron chi connectivity index (χ2n) is 5.51. The summed E-state index contributed by atoms with van der Waals surface area (Å²) in [4.78, 5) is 11.3. The number of nitrogens with zero attached hydrogens (tertiary/aromatic N) is 4. The normalized spacial score (nSPS) is 10.6. The van der Waals surface area contributed by atoms with Crippen LogP contribution in [0.4, 0.5) is 5.82 Å². The fraction of sp³-hybridized carbons (Fsp3) is 0.500. The van der Waals surface area contributed by atoms with Crippen LogP contribution in [0.1, 0.15) is 36.7 Å². The second kappa shape index (κ2) is 7.71. The van der Waals surface area contributed by atoms with E-state index in [0.717, 1.165) is 23.4 Å². The van der Waals surface area contributed by atoms with E-state index in [-0.39, 0.29) is 5.91 Å². The van der Waals surface area contributed by atoms with E-state index < -0.39 is 0 Å². The number of carbonyl (C=O) groups excluding carboxylic acids is 1. The van der Waals surface area contributed by atoms with Gasteiger partial charge in [-0.25, -0.2) is 4.68 Å². The topological polar surface area (TPSA) is 84.7 Å². The Bertz CT molecular complexity index is 662. The largest absolute Gasteiger partial charge is 0.367 e. The molecule has 2 rings (SSSR count). The predicted molar refractivity (Wildman–Crippen MR) is 89.8 cm³/mol. The fourth-order valence-electron chi connectivity index (χ4n) is 2.18. The van der Waals surface area contributed by atoms with Gasteiger partial charge in [-0.2, -0.15) is 5.10 Å². The molecule has 0 aliphatic carbocycles. The second-order valence-corrected chi connectivity index (χ2v) is 5.51. The van der Waals surface area contributed by atoms with E-state index >= 15 is 0 Å². The van der Waals surface area contributed by atoms with Crippen LogP contribution in [0.5, 0.6) is 0 Å². The van der Waals surface area contributed by atoms with Crippen molar-refractivity contribution in [2.75, 3.05) is 18.4 Å². The van der Waals surface area contributed by atoms with Gasteiger partial charge in [-0.3, -0.25) is 4.79 Å². The molecule has 0 atom stereocenters. The molecule has 0 unspecified atom stereocenters. The average molecular weight is 316 g/mol. The molecule has 2 aromatic heterocycles. The lowest BCUT2D eigenvalue weighted by Gasteiger charge is -2.07. The van der Waals surface area contributed by atoms with Crippen molar-refractivity contribution in [3.8, 4) is 5.82 Å². The van der Waals surface area contributed by atoms with E-state index in [4.69, 9.17) is 0 Å². The van der Waals surface area contributed by atoms with Crippen molar-refractivity contribution in [2.24, 2.45) is 0 Å². The van der Waals surface area contributed by atoms with Crippen LogP contribution in [-0.2, 0) is 4.79 Å². The minimum absolute atomic E-state index is 0.0793. The highest BCUT2D eigenvalue weighted by atomic mass is 16.1. The highest BCUT2D eigenvalue weighted by molar-refractivity contribution is 5.75. The Kier molecular flexibility index (Phi) is 5.67. The first-order valence-electron chi connectivity index (χ1n) is 7.90. The van der Waals surface area contributed by atoms with Crippen LogP contribution in [0, 0.1) is 20.8 Å². The van der Waals surface area contributed by atoms with Crippen molar-refractivity contribution in [3.05, 3.63) is 29.1 Å². The molecule has 0 spiro atoms. The number of rotatable bonds is 7. The SMILES string of the molecule is CCCC(=O)NCCNc1ccc(-n2nc(C)c(C)c2C)nn1. The van der Waals surface area contributed by atoms with Crippen molar-refractivity contribution in [1.29, 1.82) is 0 Å². The van der Waals surface area contributed by atoms with Gasteiger partial charge in [-0.15, -0.1) is 10.2 Å². The average Bonchev–Trinajstić information content (AvgIpc) is 2.80. The quantitative estimate of drug-likeness (QED) is 0.762. The van der Waals surface area contributed by atoms with Gasteiger partial charge in [0.05, 0.1) is 5.69 Å². The maximum Gasteiger partial charge on any atom is 0.220 e. The first-order chi connectivity index (χ1) is 11.0. The van der Waals surface area contributed by atoms with Gasteiger partial charge in [0.2, 0.25) is 5.91 Å². The van der Waals surface area contributed by atoms with Gasteiger partial charge < -0.3 is 10.6 Å². The summed E-state index contributed by atoms with van der Waals surface area (Å²) >= 11 is 0. The van der Waals surface area contributed by atoms with E-state index in [1.807, 2.05) is 39.8 Å². The molecule has 0 aromatic carbocycles. The highest BCUT2D eigenvalue weighted by Gasteiger charge is 2.10. The molecule has 0 aliphatic rings. The third-order valence-corrected chi connectivity index (χ3v) is 3.75. The zero-order valence-corrected chi connectivity index (χ0v) is 14.2. The van der Waals surface area contributed by atoms with Gasteiger partial charge in [0.15, 0.2) is 5.82 Å². The molecular formula is C16H24N6O. The number of amides is 1. The lowest BCUT2D eigenvalue weighted by molar-refractivity contribution is -0.121. The summed E-state index contributed by atoms with van der Waals surface area (Å²) in [7, 11) is 0. The molecule has 0 saturated heterocycles. The minimum atomic E-state index is 0.0793. The Morgan fingerprint density at radius 3 is 2.52 bits per heavy atom. The van der Waals surface area contributed by atoms with Gasteiger partial charge in [0, 0.05) is 25.2 Å². The molecule has 1 amide bonds. The van der Waals surface area contributed by atoms with Gasteiger partial charge in [0.25, 0.3) is 0 Å². The molecule has 2 aromatic rings. The van der Waals surface area contributed by atoms with Gasteiger partial charge >= 0.3 is 0 Å².